The van der Waals surface area contributed by atoms with Crippen molar-refractivity contribution in [3.8, 4) is 11.5 Å². The predicted molar refractivity (Wildman–Crippen MR) is 139 cm³/mol. The molecule has 4 nitrogen and oxygen atoms in total. The van der Waals surface area contributed by atoms with E-state index in [4.69, 9.17) is 11.6 Å². The smallest absolute Gasteiger partial charge is 0.134 e. The van der Waals surface area contributed by atoms with E-state index in [0.29, 0.717) is 16.8 Å². The van der Waals surface area contributed by atoms with E-state index in [9.17, 15) is 10.2 Å². The second-order valence-corrected chi connectivity index (χ2v) is 9.89. The van der Waals surface area contributed by atoms with Crippen molar-refractivity contribution < 1.29 is 10.2 Å². The molecular formula is C28H41ClN2O2. The van der Waals surface area contributed by atoms with Crippen LogP contribution in [0.1, 0.15) is 67.7 Å². The first-order valence-corrected chi connectivity index (χ1v) is 13.1. The number of nitrogens with zero attached hydrogens (tertiary/aromatic N) is 1. The lowest BCUT2D eigenvalue weighted by Crippen LogP contribution is -2.40. The Morgan fingerprint density at radius 3 is 2.58 bits per heavy atom. The van der Waals surface area contributed by atoms with Crippen molar-refractivity contribution in [2.75, 3.05) is 26.2 Å². The number of hydrogen-bond donors (Lipinski definition) is 3. The summed E-state index contributed by atoms with van der Waals surface area (Å²) in [6.45, 7) is 8.70. The number of rotatable bonds is 13. The van der Waals surface area contributed by atoms with Gasteiger partial charge in [0, 0.05) is 6.04 Å². The monoisotopic (exact) mass is 472 g/mol. The minimum Gasteiger partial charge on any atom is -0.508 e. The molecule has 0 radical (unpaired) electrons. The number of halogens is 1. The standard InChI is InChI=1S/C28H41ClN2O2/c1-3-17-31(24-10-11-25-21(2)27(32)13-9-23(25)20-24)18-7-5-4-6-15-30-16-14-22-8-12-28(33)26(29)19-22/h8-9,12-13,19,24,30,32-33H,3-7,10-11,14-18,20H2,1-2H3/t24-/m0/s1. The summed E-state index contributed by atoms with van der Waals surface area (Å²) in [6.07, 6.45) is 10.6. The fourth-order valence-electron chi connectivity index (χ4n) is 5.06. The van der Waals surface area contributed by atoms with Crippen LogP contribution < -0.4 is 5.32 Å². The van der Waals surface area contributed by atoms with Crippen molar-refractivity contribution in [3.63, 3.8) is 0 Å². The van der Waals surface area contributed by atoms with Crippen LogP contribution in [0.2, 0.25) is 5.02 Å². The zero-order chi connectivity index (χ0) is 23.6. The highest BCUT2D eigenvalue weighted by atomic mass is 35.5. The van der Waals surface area contributed by atoms with E-state index in [1.54, 1.807) is 6.07 Å². The molecule has 0 aromatic heterocycles. The topological polar surface area (TPSA) is 55.7 Å². The summed E-state index contributed by atoms with van der Waals surface area (Å²) in [5.41, 5.74) is 5.04. The average molecular weight is 473 g/mol. The molecule has 0 fully saturated rings. The molecule has 1 aliphatic rings. The Morgan fingerprint density at radius 2 is 1.79 bits per heavy atom. The quantitative estimate of drug-likeness (QED) is 0.312. The second-order valence-electron chi connectivity index (χ2n) is 9.48. The normalized spacial score (nSPS) is 15.7. The van der Waals surface area contributed by atoms with Crippen LogP contribution in [0.3, 0.4) is 0 Å². The van der Waals surface area contributed by atoms with Crippen molar-refractivity contribution in [1.29, 1.82) is 0 Å². The van der Waals surface area contributed by atoms with Crippen molar-refractivity contribution in [2.24, 2.45) is 0 Å². The van der Waals surface area contributed by atoms with Crippen LogP contribution in [0, 0.1) is 6.92 Å². The highest BCUT2D eigenvalue weighted by molar-refractivity contribution is 6.32. The summed E-state index contributed by atoms with van der Waals surface area (Å²) in [5.74, 6) is 0.589. The first-order valence-electron chi connectivity index (χ1n) is 12.7. The Bertz CT molecular complexity index is 886. The summed E-state index contributed by atoms with van der Waals surface area (Å²) in [5, 5.41) is 23.5. The molecule has 0 heterocycles. The number of benzene rings is 2. The third-order valence-electron chi connectivity index (χ3n) is 7.03. The molecule has 0 saturated heterocycles. The number of fused-ring (bicyclic) bond motifs is 1. The highest BCUT2D eigenvalue weighted by Crippen LogP contribution is 2.31. The molecule has 0 aliphatic heterocycles. The molecule has 5 heteroatoms. The molecular weight excluding hydrogens is 432 g/mol. The van der Waals surface area contributed by atoms with E-state index in [0.717, 1.165) is 43.5 Å². The van der Waals surface area contributed by atoms with Crippen LogP contribution in [0.4, 0.5) is 0 Å². The molecule has 0 bridgehead atoms. The molecule has 1 aliphatic carbocycles. The van der Waals surface area contributed by atoms with Gasteiger partial charge < -0.3 is 20.4 Å². The first-order chi connectivity index (χ1) is 16.0. The van der Waals surface area contributed by atoms with Gasteiger partial charge in [0.15, 0.2) is 0 Å². The molecule has 2 aromatic rings. The molecule has 0 unspecified atom stereocenters. The van der Waals surface area contributed by atoms with Gasteiger partial charge in [-0.3, -0.25) is 0 Å². The lowest BCUT2D eigenvalue weighted by atomic mass is 9.84. The van der Waals surface area contributed by atoms with Crippen LogP contribution >= 0.6 is 11.6 Å². The number of aromatic hydroxyl groups is 2. The van der Waals surface area contributed by atoms with E-state index >= 15 is 0 Å². The maximum atomic E-state index is 10.0. The average Bonchev–Trinajstić information content (AvgIpc) is 2.81. The Morgan fingerprint density at radius 1 is 1.00 bits per heavy atom. The summed E-state index contributed by atoms with van der Waals surface area (Å²) >= 11 is 5.97. The number of unbranched alkanes of at least 4 members (excludes halogenated alkanes) is 3. The fraction of sp³-hybridized carbons (Fsp3) is 0.571. The van der Waals surface area contributed by atoms with Crippen LogP contribution in [0.15, 0.2) is 30.3 Å². The zero-order valence-corrected chi connectivity index (χ0v) is 21.1. The summed E-state index contributed by atoms with van der Waals surface area (Å²) in [7, 11) is 0. The largest absolute Gasteiger partial charge is 0.508 e. The van der Waals surface area contributed by atoms with Crippen molar-refractivity contribution in [3.05, 3.63) is 57.6 Å². The van der Waals surface area contributed by atoms with E-state index in [2.05, 4.69) is 30.1 Å². The molecule has 0 saturated carbocycles. The maximum absolute atomic E-state index is 10.0. The van der Waals surface area contributed by atoms with E-state index in [1.165, 1.54) is 62.7 Å². The van der Waals surface area contributed by atoms with Crippen molar-refractivity contribution in [2.45, 2.75) is 77.7 Å². The molecule has 3 rings (SSSR count). The summed E-state index contributed by atoms with van der Waals surface area (Å²) in [6, 6.07) is 10.1. The molecule has 3 N–H and O–H groups in total. The molecule has 0 spiro atoms. The van der Waals surface area contributed by atoms with Gasteiger partial charge in [-0.1, -0.05) is 43.5 Å². The highest BCUT2D eigenvalue weighted by Gasteiger charge is 2.25. The number of phenols is 2. The first kappa shape index (κ1) is 25.9. The lowest BCUT2D eigenvalue weighted by Gasteiger charge is -2.36. The summed E-state index contributed by atoms with van der Waals surface area (Å²) < 4.78 is 0. The minimum absolute atomic E-state index is 0.148. The second kappa shape index (κ2) is 13.2. The van der Waals surface area contributed by atoms with Crippen LogP contribution in [-0.4, -0.2) is 47.3 Å². The Labute approximate surface area is 205 Å². The third kappa shape index (κ3) is 7.63. The van der Waals surface area contributed by atoms with Gasteiger partial charge in [0.1, 0.15) is 11.5 Å². The van der Waals surface area contributed by atoms with Crippen LogP contribution in [-0.2, 0) is 19.3 Å². The number of hydrogen-bond acceptors (Lipinski definition) is 4. The molecule has 0 amide bonds. The van der Waals surface area contributed by atoms with Gasteiger partial charge in [0.25, 0.3) is 0 Å². The molecule has 33 heavy (non-hydrogen) atoms. The van der Waals surface area contributed by atoms with Gasteiger partial charge in [0.05, 0.1) is 5.02 Å². The van der Waals surface area contributed by atoms with Gasteiger partial charge in [-0.15, -0.1) is 0 Å². The fourth-order valence-corrected chi connectivity index (χ4v) is 5.27. The molecule has 2 aromatic carbocycles. The lowest BCUT2D eigenvalue weighted by molar-refractivity contribution is 0.176. The number of phenolic OH excluding ortho intramolecular Hbond substituents is 2. The van der Waals surface area contributed by atoms with Crippen molar-refractivity contribution in [1.82, 2.24) is 10.2 Å². The Kier molecular flexibility index (Phi) is 10.4. The van der Waals surface area contributed by atoms with Gasteiger partial charge in [-0.25, -0.2) is 0 Å². The summed E-state index contributed by atoms with van der Waals surface area (Å²) in [4.78, 5) is 2.71. The van der Waals surface area contributed by atoms with Crippen LogP contribution in [0.5, 0.6) is 11.5 Å². The molecule has 182 valence electrons. The zero-order valence-electron chi connectivity index (χ0n) is 20.4. The van der Waals surface area contributed by atoms with E-state index in [1.807, 2.05) is 18.2 Å². The minimum atomic E-state index is 0.148. The Balaban J connectivity index is 1.30. The van der Waals surface area contributed by atoms with Gasteiger partial charge >= 0.3 is 0 Å². The number of nitrogens with one attached hydrogen (secondary N) is 1. The van der Waals surface area contributed by atoms with E-state index < -0.39 is 0 Å². The van der Waals surface area contributed by atoms with Gasteiger partial charge in [-0.05, 0) is 119 Å². The molecule has 1 atom stereocenters. The van der Waals surface area contributed by atoms with E-state index in [-0.39, 0.29) is 5.75 Å². The third-order valence-corrected chi connectivity index (χ3v) is 7.33. The van der Waals surface area contributed by atoms with Crippen molar-refractivity contribution >= 4 is 11.6 Å². The SMILES string of the molecule is CCCN(CCCCCCNCCc1ccc(O)c(Cl)c1)[C@H]1CCc2c(ccc(O)c2C)C1. The maximum Gasteiger partial charge on any atom is 0.134 e. The predicted octanol–water partition coefficient (Wildman–Crippen LogP) is 6.02. The van der Waals surface area contributed by atoms with Gasteiger partial charge in [0.2, 0.25) is 0 Å². The Hall–Kier alpha value is -1.75. The van der Waals surface area contributed by atoms with Gasteiger partial charge in [-0.2, -0.15) is 0 Å². The van der Waals surface area contributed by atoms with Crippen LogP contribution in [0.25, 0.3) is 0 Å².